The number of pyridine rings is 1. The number of nitriles is 1. The Morgan fingerprint density at radius 2 is 2.31 bits per heavy atom. The third kappa shape index (κ3) is 2.04. The number of aromatic nitrogens is 3. The van der Waals surface area contributed by atoms with Crippen molar-refractivity contribution in [2.45, 2.75) is 12.1 Å². The molecule has 80 valence electrons. The van der Waals surface area contributed by atoms with Crippen molar-refractivity contribution in [2.75, 3.05) is 5.75 Å². The normalized spacial score (nSPS) is 10.2. The van der Waals surface area contributed by atoms with Crippen molar-refractivity contribution in [3.8, 4) is 6.07 Å². The number of hydrogen-bond donors (Lipinski definition) is 0. The molecule has 0 aliphatic carbocycles. The van der Waals surface area contributed by atoms with E-state index < -0.39 is 0 Å². The van der Waals surface area contributed by atoms with E-state index in [4.69, 9.17) is 5.26 Å². The van der Waals surface area contributed by atoms with Gasteiger partial charge < -0.3 is 0 Å². The summed E-state index contributed by atoms with van der Waals surface area (Å²) in [7, 11) is 0. The van der Waals surface area contributed by atoms with Crippen LogP contribution in [-0.4, -0.2) is 20.1 Å². The molecule has 0 unspecified atom stereocenters. The monoisotopic (exact) mass is 232 g/mol. The highest BCUT2D eigenvalue weighted by Gasteiger charge is 2.03. The molecule has 0 saturated heterocycles. The van der Waals surface area contributed by atoms with Crippen LogP contribution in [0.4, 0.5) is 0 Å². The molecule has 0 amide bonds. The van der Waals surface area contributed by atoms with Crippen LogP contribution < -0.4 is 5.69 Å². The second kappa shape index (κ2) is 4.33. The van der Waals surface area contributed by atoms with Gasteiger partial charge in [0.05, 0.1) is 11.8 Å². The maximum absolute atomic E-state index is 11.6. The van der Waals surface area contributed by atoms with Crippen molar-refractivity contribution in [3.63, 3.8) is 0 Å². The maximum Gasteiger partial charge on any atom is 0.355 e. The Bertz CT molecular complexity index is 629. The van der Waals surface area contributed by atoms with Crippen molar-refractivity contribution in [1.82, 2.24) is 14.4 Å². The van der Waals surface area contributed by atoms with Crippen LogP contribution in [0, 0.1) is 18.3 Å². The fraction of sp³-hybridized carbons (Fsp3) is 0.200. The summed E-state index contributed by atoms with van der Waals surface area (Å²) in [5.41, 5.74) is 1.15. The van der Waals surface area contributed by atoms with Gasteiger partial charge in [0.15, 0.2) is 5.16 Å². The van der Waals surface area contributed by atoms with E-state index in [0.717, 1.165) is 17.3 Å². The first-order valence-electron chi connectivity index (χ1n) is 4.57. The van der Waals surface area contributed by atoms with Gasteiger partial charge in [0.2, 0.25) is 0 Å². The molecule has 0 saturated carbocycles. The summed E-state index contributed by atoms with van der Waals surface area (Å²) in [6, 6.07) is 5.60. The van der Waals surface area contributed by atoms with E-state index in [-0.39, 0.29) is 11.4 Å². The van der Waals surface area contributed by atoms with Crippen molar-refractivity contribution in [3.05, 3.63) is 34.4 Å². The maximum atomic E-state index is 11.6. The summed E-state index contributed by atoms with van der Waals surface area (Å²) in [5.74, 6) is 0.238. The zero-order chi connectivity index (χ0) is 11.5. The lowest BCUT2D eigenvalue weighted by Gasteiger charge is -2.01. The van der Waals surface area contributed by atoms with Gasteiger partial charge in [-0.05, 0) is 18.6 Å². The van der Waals surface area contributed by atoms with Gasteiger partial charge in [0.1, 0.15) is 5.65 Å². The van der Waals surface area contributed by atoms with Crippen molar-refractivity contribution in [1.29, 1.82) is 5.26 Å². The average molecular weight is 232 g/mol. The first-order chi connectivity index (χ1) is 7.70. The number of rotatable bonds is 2. The molecular formula is C10H8N4OS. The smallest absolute Gasteiger partial charge is 0.251 e. The van der Waals surface area contributed by atoms with E-state index in [1.54, 1.807) is 12.3 Å². The SMILES string of the molecule is Cc1ccc2nc(SCC#N)nc(=O)n2c1. The number of nitrogens with zero attached hydrogens (tertiary/aromatic N) is 4. The lowest BCUT2D eigenvalue weighted by atomic mass is 10.3. The highest BCUT2D eigenvalue weighted by molar-refractivity contribution is 7.99. The van der Waals surface area contributed by atoms with Gasteiger partial charge in [0.25, 0.3) is 0 Å². The minimum absolute atomic E-state index is 0.238. The summed E-state index contributed by atoms with van der Waals surface area (Å²) < 4.78 is 1.39. The molecule has 6 heteroatoms. The fourth-order valence-electron chi connectivity index (χ4n) is 1.26. The third-order valence-corrected chi connectivity index (χ3v) is 2.66. The first kappa shape index (κ1) is 10.6. The van der Waals surface area contributed by atoms with E-state index in [1.165, 1.54) is 4.40 Å². The van der Waals surface area contributed by atoms with Crippen LogP contribution in [0.25, 0.3) is 5.65 Å². The van der Waals surface area contributed by atoms with Gasteiger partial charge in [-0.3, -0.25) is 4.40 Å². The average Bonchev–Trinajstić information content (AvgIpc) is 2.27. The number of thioether (sulfide) groups is 1. The molecule has 0 aromatic carbocycles. The molecular weight excluding hydrogens is 224 g/mol. The second-order valence-corrected chi connectivity index (χ2v) is 4.11. The summed E-state index contributed by atoms with van der Waals surface area (Å²) in [6.07, 6.45) is 1.69. The van der Waals surface area contributed by atoms with Gasteiger partial charge >= 0.3 is 5.69 Å². The predicted molar refractivity (Wildman–Crippen MR) is 60.3 cm³/mol. The summed E-state index contributed by atoms with van der Waals surface area (Å²) in [4.78, 5) is 19.6. The van der Waals surface area contributed by atoms with E-state index in [2.05, 4.69) is 9.97 Å². The molecule has 0 aliphatic heterocycles. The van der Waals surface area contributed by atoms with Gasteiger partial charge in [-0.2, -0.15) is 10.2 Å². The largest absolute Gasteiger partial charge is 0.355 e. The van der Waals surface area contributed by atoms with E-state index in [9.17, 15) is 4.79 Å². The lowest BCUT2D eigenvalue weighted by Crippen LogP contribution is -2.19. The Hall–Kier alpha value is -1.87. The van der Waals surface area contributed by atoms with Crippen LogP contribution in [-0.2, 0) is 0 Å². The zero-order valence-corrected chi connectivity index (χ0v) is 9.36. The van der Waals surface area contributed by atoms with Crippen LogP contribution in [0.3, 0.4) is 0 Å². The van der Waals surface area contributed by atoms with Crippen LogP contribution in [0.1, 0.15) is 5.56 Å². The van der Waals surface area contributed by atoms with E-state index in [1.807, 2.05) is 19.1 Å². The molecule has 0 aliphatic rings. The van der Waals surface area contributed by atoms with Crippen LogP contribution in [0.5, 0.6) is 0 Å². The topological polar surface area (TPSA) is 71.0 Å². The Morgan fingerprint density at radius 1 is 1.50 bits per heavy atom. The molecule has 2 aromatic heterocycles. The summed E-state index contributed by atoms with van der Waals surface area (Å²) in [5, 5.41) is 8.78. The highest BCUT2D eigenvalue weighted by atomic mass is 32.2. The van der Waals surface area contributed by atoms with Crippen molar-refractivity contribution < 1.29 is 0 Å². The highest BCUT2D eigenvalue weighted by Crippen LogP contribution is 2.10. The summed E-state index contributed by atoms with van der Waals surface area (Å²) in [6.45, 7) is 1.89. The molecule has 0 radical (unpaired) electrons. The molecule has 0 spiro atoms. The fourth-order valence-corrected chi connectivity index (χ4v) is 1.76. The van der Waals surface area contributed by atoms with Gasteiger partial charge in [-0.25, -0.2) is 9.78 Å². The first-order valence-corrected chi connectivity index (χ1v) is 5.56. The minimum Gasteiger partial charge on any atom is -0.251 e. The van der Waals surface area contributed by atoms with E-state index >= 15 is 0 Å². The lowest BCUT2D eigenvalue weighted by molar-refractivity contribution is 0.844. The zero-order valence-electron chi connectivity index (χ0n) is 8.54. The van der Waals surface area contributed by atoms with Gasteiger partial charge in [-0.1, -0.05) is 17.8 Å². The van der Waals surface area contributed by atoms with Crippen LogP contribution >= 0.6 is 11.8 Å². The molecule has 0 fully saturated rings. The number of aryl methyl sites for hydroxylation is 1. The molecule has 5 nitrogen and oxygen atoms in total. The molecule has 2 aromatic rings. The Labute approximate surface area is 95.8 Å². The van der Waals surface area contributed by atoms with Gasteiger partial charge in [-0.15, -0.1) is 0 Å². The Kier molecular flexibility index (Phi) is 2.88. The molecule has 0 N–H and O–H groups in total. The van der Waals surface area contributed by atoms with Crippen molar-refractivity contribution in [2.24, 2.45) is 0 Å². The molecule has 0 bridgehead atoms. The standard InChI is InChI=1S/C10H8N4OS/c1-7-2-3-8-12-9(16-5-4-11)13-10(15)14(8)6-7/h2-3,6H,5H2,1H3. The third-order valence-electron chi connectivity index (χ3n) is 1.95. The predicted octanol–water partition coefficient (Wildman–Crippen LogP) is 1.01. The number of hydrogen-bond acceptors (Lipinski definition) is 5. The van der Waals surface area contributed by atoms with E-state index in [0.29, 0.717) is 10.8 Å². The summed E-state index contributed by atoms with van der Waals surface area (Å²) >= 11 is 1.16. The Balaban J connectivity index is 2.56. The quantitative estimate of drug-likeness (QED) is 0.723. The Morgan fingerprint density at radius 3 is 3.06 bits per heavy atom. The van der Waals surface area contributed by atoms with Gasteiger partial charge in [0, 0.05) is 6.20 Å². The van der Waals surface area contributed by atoms with Crippen LogP contribution in [0.2, 0.25) is 0 Å². The molecule has 16 heavy (non-hydrogen) atoms. The van der Waals surface area contributed by atoms with Crippen molar-refractivity contribution >= 4 is 17.4 Å². The minimum atomic E-state index is -0.367. The number of fused-ring (bicyclic) bond motifs is 1. The second-order valence-electron chi connectivity index (χ2n) is 3.17. The molecule has 0 atom stereocenters. The van der Waals surface area contributed by atoms with Crippen LogP contribution in [0.15, 0.2) is 28.3 Å². The molecule has 2 rings (SSSR count). The molecule has 2 heterocycles.